The Balaban J connectivity index is 2.76. The van der Waals surface area contributed by atoms with Crippen LogP contribution in [0.1, 0.15) is 23.7 Å². The van der Waals surface area contributed by atoms with E-state index in [1.807, 2.05) is 19.2 Å². The van der Waals surface area contributed by atoms with E-state index in [2.05, 4.69) is 11.9 Å². The fraction of sp³-hybridized carbons (Fsp3) is 0.444. The number of hydrogen-bond acceptors (Lipinski definition) is 3. The van der Waals surface area contributed by atoms with Gasteiger partial charge in [0.1, 0.15) is 5.01 Å². The predicted octanol–water partition coefficient (Wildman–Crippen LogP) is 2.07. The van der Waals surface area contributed by atoms with Gasteiger partial charge in [0.15, 0.2) is 0 Å². The first-order chi connectivity index (χ1) is 5.76. The molecule has 1 rings (SSSR count). The third-order valence-corrected chi connectivity index (χ3v) is 2.70. The van der Waals surface area contributed by atoms with Gasteiger partial charge in [0.2, 0.25) is 0 Å². The van der Waals surface area contributed by atoms with Gasteiger partial charge in [0.25, 0.3) is 0 Å². The Morgan fingerprint density at radius 2 is 2.50 bits per heavy atom. The average molecular weight is 182 g/mol. The van der Waals surface area contributed by atoms with E-state index < -0.39 is 0 Å². The Hall–Kier alpha value is -0.670. The summed E-state index contributed by atoms with van der Waals surface area (Å²) >= 11 is 1.73. The Kier molecular flexibility index (Phi) is 3.44. The van der Waals surface area contributed by atoms with Crippen LogP contribution >= 0.6 is 11.3 Å². The van der Waals surface area contributed by atoms with E-state index in [1.165, 1.54) is 10.5 Å². The lowest BCUT2D eigenvalue weighted by Gasteiger charge is -1.90. The molecule has 0 aliphatic heterocycles. The minimum absolute atomic E-state index is 0.612. The van der Waals surface area contributed by atoms with Crippen LogP contribution in [-0.4, -0.2) is 11.5 Å². The molecule has 2 N–H and O–H groups in total. The lowest BCUT2D eigenvalue weighted by molar-refractivity contribution is 1.15. The van der Waals surface area contributed by atoms with Gasteiger partial charge in [-0.2, -0.15) is 0 Å². The first kappa shape index (κ1) is 9.42. The Morgan fingerprint density at radius 1 is 1.75 bits per heavy atom. The molecule has 2 nitrogen and oxygen atoms in total. The fourth-order valence-corrected chi connectivity index (χ4v) is 1.71. The number of rotatable bonds is 3. The molecule has 66 valence electrons. The normalized spacial score (nSPS) is 12.1. The highest BCUT2D eigenvalue weighted by atomic mass is 32.1. The van der Waals surface area contributed by atoms with Crippen LogP contribution in [0.3, 0.4) is 0 Å². The molecule has 0 fully saturated rings. The molecule has 0 aliphatic rings. The van der Waals surface area contributed by atoms with Crippen molar-refractivity contribution >= 4 is 17.4 Å². The largest absolute Gasteiger partial charge is 0.327 e. The van der Waals surface area contributed by atoms with Gasteiger partial charge in [0, 0.05) is 17.6 Å². The SMILES string of the molecule is CCc1cnc(/C=C(/C)CN)s1. The molecule has 1 aromatic heterocycles. The molecule has 0 radical (unpaired) electrons. The molecule has 3 heteroatoms. The minimum Gasteiger partial charge on any atom is -0.327 e. The second kappa shape index (κ2) is 4.38. The molecular formula is C9H14N2S. The molecule has 0 spiro atoms. The fourth-order valence-electron chi connectivity index (χ4n) is 0.823. The summed E-state index contributed by atoms with van der Waals surface area (Å²) in [6.07, 6.45) is 5.04. The molecule has 0 aliphatic carbocycles. The van der Waals surface area contributed by atoms with Crippen molar-refractivity contribution in [2.24, 2.45) is 5.73 Å². The minimum atomic E-state index is 0.612. The summed E-state index contributed by atoms with van der Waals surface area (Å²) in [5.74, 6) is 0. The molecule has 0 saturated carbocycles. The van der Waals surface area contributed by atoms with Crippen LogP contribution in [0.5, 0.6) is 0 Å². The smallest absolute Gasteiger partial charge is 0.116 e. The van der Waals surface area contributed by atoms with Gasteiger partial charge in [-0.15, -0.1) is 11.3 Å². The maximum Gasteiger partial charge on any atom is 0.116 e. The number of thiazole rings is 1. The summed E-state index contributed by atoms with van der Waals surface area (Å²) < 4.78 is 0. The predicted molar refractivity (Wildman–Crippen MR) is 54.2 cm³/mol. The van der Waals surface area contributed by atoms with Gasteiger partial charge in [-0.3, -0.25) is 0 Å². The average Bonchev–Trinajstić information content (AvgIpc) is 2.52. The van der Waals surface area contributed by atoms with E-state index in [0.717, 1.165) is 11.4 Å². The van der Waals surface area contributed by atoms with Crippen molar-refractivity contribution in [3.8, 4) is 0 Å². The van der Waals surface area contributed by atoms with Gasteiger partial charge in [-0.05, 0) is 19.4 Å². The van der Waals surface area contributed by atoms with Gasteiger partial charge in [-0.25, -0.2) is 4.98 Å². The Morgan fingerprint density at radius 3 is 3.00 bits per heavy atom. The van der Waals surface area contributed by atoms with Crippen LogP contribution in [0.2, 0.25) is 0 Å². The highest BCUT2D eigenvalue weighted by molar-refractivity contribution is 7.12. The standard InChI is InChI=1S/C9H14N2S/c1-3-8-6-11-9(12-8)4-7(2)5-10/h4,6H,3,5,10H2,1-2H3/b7-4-. The topological polar surface area (TPSA) is 38.9 Å². The highest BCUT2D eigenvalue weighted by Gasteiger charge is 1.96. The number of nitrogens with two attached hydrogens (primary N) is 1. The molecule has 1 aromatic rings. The van der Waals surface area contributed by atoms with E-state index in [0.29, 0.717) is 6.54 Å². The number of aryl methyl sites for hydroxylation is 1. The van der Waals surface area contributed by atoms with Gasteiger partial charge in [0.05, 0.1) is 0 Å². The van der Waals surface area contributed by atoms with Crippen LogP contribution in [0.25, 0.3) is 6.08 Å². The van der Waals surface area contributed by atoms with Crippen LogP contribution in [-0.2, 0) is 6.42 Å². The number of hydrogen-bond donors (Lipinski definition) is 1. The van der Waals surface area contributed by atoms with Crippen LogP contribution in [0.15, 0.2) is 11.8 Å². The zero-order chi connectivity index (χ0) is 8.97. The van der Waals surface area contributed by atoms with E-state index in [4.69, 9.17) is 5.73 Å². The van der Waals surface area contributed by atoms with Crippen molar-refractivity contribution in [2.45, 2.75) is 20.3 Å². The van der Waals surface area contributed by atoms with Crippen LogP contribution in [0.4, 0.5) is 0 Å². The van der Waals surface area contributed by atoms with E-state index in [9.17, 15) is 0 Å². The maximum absolute atomic E-state index is 5.47. The first-order valence-corrected chi connectivity index (χ1v) is 4.90. The molecular weight excluding hydrogens is 168 g/mol. The quantitative estimate of drug-likeness (QED) is 0.777. The molecule has 0 saturated heterocycles. The third-order valence-electron chi connectivity index (χ3n) is 1.61. The van der Waals surface area contributed by atoms with Gasteiger partial charge < -0.3 is 5.73 Å². The molecule has 0 aromatic carbocycles. The van der Waals surface area contributed by atoms with Crippen molar-refractivity contribution in [1.82, 2.24) is 4.98 Å². The Bertz CT molecular complexity index is 276. The monoisotopic (exact) mass is 182 g/mol. The zero-order valence-corrected chi connectivity index (χ0v) is 8.32. The lowest BCUT2D eigenvalue weighted by Crippen LogP contribution is -1.98. The van der Waals surface area contributed by atoms with Crippen molar-refractivity contribution in [1.29, 1.82) is 0 Å². The van der Waals surface area contributed by atoms with Gasteiger partial charge >= 0.3 is 0 Å². The van der Waals surface area contributed by atoms with Crippen LogP contribution < -0.4 is 5.73 Å². The third kappa shape index (κ3) is 2.43. The van der Waals surface area contributed by atoms with E-state index in [1.54, 1.807) is 11.3 Å². The van der Waals surface area contributed by atoms with Crippen molar-refractivity contribution in [2.75, 3.05) is 6.54 Å². The summed E-state index contributed by atoms with van der Waals surface area (Å²) in [7, 11) is 0. The number of nitrogens with zero attached hydrogens (tertiary/aromatic N) is 1. The highest BCUT2D eigenvalue weighted by Crippen LogP contribution is 2.15. The molecule has 12 heavy (non-hydrogen) atoms. The van der Waals surface area contributed by atoms with Crippen LogP contribution in [0, 0.1) is 0 Å². The summed E-state index contributed by atoms with van der Waals surface area (Å²) in [5, 5.41) is 1.06. The van der Waals surface area contributed by atoms with Gasteiger partial charge in [-0.1, -0.05) is 12.5 Å². The van der Waals surface area contributed by atoms with Crippen molar-refractivity contribution in [3.05, 3.63) is 21.7 Å². The van der Waals surface area contributed by atoms with Crippen molar-refractivity contribution in [3.63, 3.8) is 0 Å². The second-order valence-electron chi connectivity index (χ2n) is 2.71. The Labute approximate surface area is 77.1 Å². The first-order valence-electron chi connectivity index (χ1n) is 4.08. The molecule has 0 bridgehead atoms. The van der Waals surface area contributed by atoms with E-state index in [-0.39, 0.29) is 0 Å². The maximum atomic E-state index is 5.47. The number of aromatic nitrogens is 1. The summed E-state index contributed by atoms with van der Waals surface area (Å²) in [6.45, 7) is 4.77. The lowest BCUT2D eigenvalue weighted by atomic mass is 10.3. The summed E-state index contributed by atoms with van der Waals surface area (Å²) in [5.41, 5.74) is 6.64. The molecule has 0 unspecified atom stereocenters. The zero-order valence-electron chi connectivity index (χ0n) is 7.50. The molecule has 0 amide bonds. The second-order valence-corrected chi connectivity index (χ2v) is 3.86. The molecule has 0 atom stereocenters. The molecule has 1 heterocycles. The van der Waals surface area contributed by atoms with E-state index >= 15 is 0 Å². The summed E-state index contributed by atoms with van der Waals surface area (Å²) in [6, 6.07) is 0. The van der Waals surface area contributed by atoms with Crippen molar-refractivity contribution < 1.29 is 0 Å². The summed E-state index contributed by atoms with van der Waals surface area (Å²) in [4.78, 5) is 5.59.